The van der Waals surface area contributed by atoms with Crippen LogP contribution in [0.4, 0.5) is 0 Å². The minimum absolute atomic E-state index is 0.150. The zero-order valence-electron chi connectivity index (χ0n) is 12.1. The van der Waals surface area contributed by atoms with Gasteiger partial charge in [0.05, 0.1) is 11.2 Å². The van der Waals surface area contributed by atoms with E-state index in [1.54, 1.807) is 0 Å². The number of ether oxygens (including phenoxy) is 1. The van der Waals surface area contributed by atoms with Crippen molar-refractivity contribution in [2.45, 2.75) is 45.1 Å². The van der Waals surface area contributed by atoms with E-state index in [4.69, 9.17) is 16.3 Å². The Morgan fingerprint density at radius 3 is 2.70 bits per heavy atom. The van der Waals surface area contributed by atoms with Gasteiger partial charge in [-0.15, -0.1) is 0 Å². The first kappa shape index (κ1) is 15.2. The standard InChI is InChI=1S/C14H20ClN3O2/c1-9(2)12-16-8-10(15)11(17-12)13(19)18-14(3)4-6-20-7-5-14/h8-9H,4-7H2,1-3H3,(H,18,19). The van der Waals surface area contributed by atoms with Crippen LogP contribution in [0.15, 0.2) is 6.20 Å². The molecule has 1 aliphatic heterocycles. The van der Waals surface area contributed by atoms with Crippen molar-refractivity contribution in [2.75, 3.05) is 13.2 Å². The number of hydrogen-bond donors (Lipinski definition) is 1. The van der Waals surface area contributed by atoms with Crippen LogP contribution in [0, 0.1) is 0 Å². The Kier molecular flexibility index (Phi) is 4.60. The van der Waals surface area contributed by atoms with E-state index >= 15 is 0 Å². The van der Waals surface area contributed by atoms with Crippen LogP contribution >= 0.6 is 11.6 Å². The molecule has 0 radical (unpaired) electrons. The number of rotatable bonds is 3. The molecule has 20 heavy (non-hydrogen) atoms. The van der Waals surface area contributed by atoms with Crippen LogP contribution < -0.4 is 5.32 Å². The van der Waals surface area contributed by atoms with E-state index in [0.717, 1.165) is 12.8 Å². The van der Waals surface area contributed by atoms with Gasteiger partial charge >= 0.3 is 0 Å². The van der Waals surface area contributed by atoms with Crippen molar-refractivity contribution in [1.82, 2.24) is 15.3 Å². The maximum Gasteiger partial charge on any atom is 0.271 e. The average Bonchev–Trinajstić information content (AvgIpc) is 2.39. The number of carbonyl (C=O) groups is 1. The van der Waals surface area contributed by atoms with E-state index in [1.165, 1.54) is 6.20 Å². The summed E-state index contributed by atoms with van der Waals surface area (Å²) in [6.45, 7) is 7.29. The van der Waals surface area contributed by atoms with Crippen molar-refractivity contribution in [3.05, 3.63) is 22.7 Å². The molecule has 0 spiro atoms. The maximum atomic E-state index is 12.4. The monoisotopic (exact) mass is 297 g/mol. The first-order valence-electron chi connectivity index (χ1n) is 6.84. The van der Waals surface area contributed by atoms with Crippen LogP contribution in [0.25, 0.3) is 0 Å². The fourth-order valence-electron chi connectivity index (χ4n) is 2.10. The highest BCUT2D eigenvalue weighted by Crippen LogP contribution is 2.22. The van der Waals surface area contributed by atoms with E-state index < -0.39 is 0 Å². The minimum Gasteiger partial charge on any atom is -0.381 e. The van der Waals surface area contributed by atoms with Crippen molar-refractivity contribution < 1.29 is 9.53 Å². The van der Waals surface area contributed by atoms with Crippen LogP contribution in [0.2, 0.25) is 5.02 Å². The predicted octanol–water partition coefficient (Wildman–Crippen LogP) is 2.55. The summed E-state index contributed by atoms with van der Waals surface area (Å²) >= 11 is 6.05. The molecule has 0 bridgehead atoms. The summed E-state index contributed by atoms with van der Waals surface area (Å²) < 4.78 is 5.32. The third kappa shape index (κ3) is 3.46. The summed E-state index contributed by atoms with van der Waals surface area (Å²) in [5.41, 5.74) is -0.0141. The van der Waals surface area contributed by atoms with E-state index in [0.29, 0.717) is 19.0 Å². The highest BCUT2D eigenvalue weighted by atomic mass is 35.5. The molecule has 2 heterocycles. The number of carbonyl (C=O) groups excluding carboxylic acids is 1. The summed E-state index contributed by atoms with van der Waals surface area (Å²) in [7, 11) is 0. The molecular formula is C14H20ClN3O2. The van der Waals surface area contributed by atoms with Gasteiger partial charge in [0.2, 0.25) is 0 Å². The first-order valence-corrected chi connectivity index (χ1v) is 7.22. The number of hydrogen-bond acceptors (Lipinski definition) is 4. The second kappa shape index (κ2) is 6.06. The van der Waals surface area contributed by atoms with Crippen LogP contribution in [-0.4, -0.2) is 34.6 Å². The van der Waals surface area contributed by atoms with Gasteiger partial charge in [-0.3, -0.25) is 4.79 Å². The van der Waals surface area contributed by atoms with Crippen molar-refractivity contribution in [1.29, 1.82) is 0 Å². The smallest absolute Gasteiger partial charge is 0.271 e. The fourth-order valence-corrected chi connectivity index (χ4v) is 2.28. The number of nitrogens with zero attached hydrogens (tertiary/aromatic N) is 2. The summed E-state index contributed by atoms with van der Waals surface area (Å²) in [4.78, 5) is 20.8. The lowest BCUT2D eigenvalue weighted by Gasteiger charge is -2.34. The van der Waals surface area contributed by atoms with Crippen LogP contribution in [0.1, 0.15) is 55.8 Å². The molecule has 1 amide bonds. The molecule has 0 aliphatic carbocycles. The fraction of sp³-hybridized carbons (Fsp3) is 0.643. The lowest BCUT2D eigenvalue weighted by atomic mass is 9.92. The van der Waals surface area contributed by atoms with Crippen molar-refractivity contribution in [2.24, 2.45) is 0 Å². The number of nitrogens with one attached hydrogen (secondary N) is 1. The highest BCUT2D eigenvalue weighted by molar-refractivity contribution is 6.33. The first-order chi connectivity index (χ1) is 9.41. The molecule has 2 rings (SSSR count). The molecule has 1 N–H and O–H groups in total. The van der Waals surface area contributed by atoms with Crippen LogP contribution in [0.3, 0.4) is 0 Å². The molecule has 1 aromatic heterocycles. The van der Waals surface area contributed by atoms with Crippen LogP contribution in [0.5, 0.6) is 0 Å². The molecular weight excluding hydrogens is 278 g/mol. The highest BCUT2D eigenvalue weighted by Gasteiger charge is 2.30. The quantitative estimate of drug-likeness (QED) is 0.931. The maximum absolute atomic E-state index is 12.4. The summed E-state index contributed by atoms with van der Waals surface area (Å²) in [6.07, 6.45) is 3.07. The van der Waals surface area contributed by atoms with E-state index in [1.807, 2.05) is 20.8 Å². The Labute approximate surface area is 124 Å². The molecule has 1 aliphatic rings. The molecule has 5 nitrogen and oxygen atoms in total. The topological polar surface area (TPSA) is 64.1 Å². The molecule has 1 fully saturated rings. The Balaban J connectivity index is 2.18. The Hall–Kier alpha value is -1.20. The molecule has 6 heteroatoms. The molecule has 110 valence electrons. The van der Waals surface area contributed by atoms with Gasteiger partial charge in [-0.05, 0) is 19.8 Å². The summed E-state index contributed by atoms with van der Waals surface area (Å²) in [5, 5.41) is 3.31. The third-order valence-corrected chi connectivity index (χ3v) is 3.78. The lowest BCUT2D eigenvalue weighted by molar-refractivity contribution is 0.0421. The number of aromatic nitrogens is 2. The van der Waals surface area contributed by atoms with Crippen LogP contribution in [-0.2, 0) is 4.74 Å². The predicted molar refractivity (Wildman–Crippen MR) is 77.1 cm³/mol. The zero-order valence-corrected chi connectivity index (χ0v) is 12.8. The van der Waals surface area contributed by atoms with E-state index in [2.05, 4.69) is 15.3 Å². The van der Waals surface area contributed by atoms with Gasteiger partial charge in [0.25, 0.3) is 5.91 Å². The Morgan fingerprint density at radius 2 is 2.10 bits per heavy atom. The largest absolute Gasteiger partial charge is 0.381 e. The van der Waals surface area contributed by atoms with Crippen molar-refractivity contribution in [3.8, 4) is 0 Å². The van der Waals surface area contributed by atoms with Gasteiger partial charge in [0.15, 0.2) is 0 Å². The van der Waals surface area contributed by atoms with Gasteiger partial charge in [-0.25, -0.2) is 9.97 Å². The third-order valence-electron chi connectivity index (χ3n) is 3.51. The molecule has 0 atom stereocenters. The molecule has 1 aromatic rings. The second-order valence-corrected chi connectivity index (χ2v) is 6.11. The van der Waals surface area contributed by atoms with E-state index in [-0.39, 0.29) is 28.1 Å². The van der Waals surface area contributed by atoms with Gasteiger partial charge in [-0.2, -0.15) is 0 Å². The molecule has 1 saturated heterocycles. The SMILES string of the molecule is CC(C)c1ncc(Cl)c(C(=O)NC2(C)CCOCC2)n1. The normalized spacial score (nSPS) is 18.1. The molecule has 0 aromatic carbocycles. The van der Waals surface area contributed by atoms with Gasteiger partial charge in [0.1, 0.15) is 11.5 Å². The summed E-state index contributed by atoms with van der Waals surface area (Å²) in [6, 6.07) is 0. The van der Waals surface area contributed by atoms with Gasteiger partial charge < -0.3 is 10.1 Å². The molecule has 0 unspecified atom stereocenters. The van der Waals surface area contributed by atoms with Gasteiger partial charge in [0, 0.05) is 24.7 Å². The van der Waals surface area contributed by atoms with Gasteiger partial charge in [-0.1, -0.05) is 25.4 Å². The minimum atomic E-state index is -0.262. The second-order valence-electron chi connectivity index (χ2n) is 5.71. The average molecular weight is 298 g/mol. The lowest BCUT2D eigenvalue weighted by Crippen LogP contribution is -2.49. The summed E-state index contributed by atoms with van der Waals surface area (Å²) in [5.74, 6) is 0.526. The molecule has 0 saturated carbocycles. The number of halogens is 1. The van der Waals surface area contributed by atoms with Crippen molar-refractivity contribution in [3.63, 3.8) is 0 Å². The Bertz CT molecular complexity index is 499. The van der Waals surface area contributed by atoms with E-state index in [9.17, 15) is 4.79 Å². The Morgan fingerprint density at radius 1 is 1.45 bits per heavy atom. The zero-order chi connectivity index (χ0) is 14.8. The van der Waals surface area contributed by atoms with Crippen molar-refractivity contribution >= 4 is 17.5 Å². The number of amides is 1.